The lowest BCUT2D eigenvalue weighted by Crippen LogP contribution is -2.14. The van der Waals surface area contributed by atoms with Crippen LogP contribution in [0.2, 0.25) is 0 Å². The summed E-state index contributed by atoms with van der Waals surface area (Å²) in [5, 5.41) is 11.9. The van der Waals surface area contributed by atoms with E-state index in [0.717, 1.165) is 18.4 Å². The van der Waals surface area contributed by atoms with Crippen LogP contribution in [0.25, 0.3) is 0 Å². The van der Waals surface area contributed by atoms with Crippen LogP contribution in [0.4, 0.5) is 0 Å². The van der Waals surface area contributed by atoms with Gasteiger partial charge in [-0.1, -0.05) is 63.1 Å². The molecule has 0 heterocycles. The second kappa shape index (κ2) is 11.9. The van der Waals surface area contributed by atoms with Gasteiger partial charge in [-0.15, -0.1) is 0 Å². The maximum Gasteiger partial charge on any atom is 0.0996 e. The Labute approximate surface area is 174 Å². The highest BCUT2D eigenvalue weighted by molar-refractivity contribution is 8.34. The predicted octanol–water partition coefficient (Wildman–Crippen LogP) is 6.96. The summed E-state index contributed by atoms with van der Waals surface area (Å²) in [6, 6.07) is 11.2. The number of allylic oxidation sites excluding steroid dienone is 5. The monoisotopic (exact) mass is 399 g/mol. The van der Waals surface area contributed by atoms with Crippen LogP contribution in [-0.4, -0.2) is 25.9 Å². The zero-order valence-corrected chi connectivity index (χ0v) is 19.5. The van der Waals surface area contributed by atoms with Gasteiger partial charge in [-0.3, -0.25) is 0 Å². The van der Waals surface area contributed by atoms with Crippen LogP contribution in [0.1, 0.15) is 50.7 Å². The summed E-state index contributed by atoms with van der Waals surface area (Å²) < 4.78 is 5.25. The molecule has 0 radical (unpaired) electrons. The highest BCUT2D eigenvalue weighted by atomic mass is 32.3. The van der Waals surface area contributed by atoms with E-state index in [1.807, 2.05) is 6.92 Å². The lowest BCUT2D eigenvalue weighted by molar-refractivity contribution is 0.185. The Morgan fingerprint density at radius 3 is 2.18 bits per heavy atom. The van der Waals surface area contributed by atoms with E-state index in [-0.39, 0.29) is 5.92 Å². The zero-order valence-electron chi connectivity index (χ0n) is 18.7. The van der Waals surface area contributed by atoms with Gasteiger partial charge in [0.1, 0.15) is 0 Å². The molecule has 0 spiro atoms. The zero-order chi connectivity index (χ0) is 21.2. The van der Waals surface area contributed by atoms with Crippen molar-refractivity contribution in [2.24, 2.45) is 5.92 Å². The van der Waals surface area contributed by atoms with Gasteiger partial charge in [0.15, 0.2) is 0 Å². The second-order valence-electron chi connectivity index (χ2n) is 7.99. The van der Waals surface area contributed by atoms with Crippen LogP contribution < -0.4 is 0 Å². The van der Waals surface area contributed by atoms with Crippen molar-refractivity contribution >= 4 is 10.0 Å². The molecule has 1 atom stereocenters. The van der Waals surface area contributed by atoms with Crippen molar-refractivity contribution < 1.29 is 4.74 Å². The van der Waals surface area contributed by atoms with Crippen molar-refractivity contribution in [1.29, 1.82) is 5.26 Å². The Hall–Kier alpha value is -1.76. The molecular weight excluding hydrogens is 362 g/mol. The van der Waals surface area contributed by atoms with Gasteiger partial charge >= 0.3 is 0 Å². The first-order valence-corrected chi connectivity index (χ1v) is 12.9. The third kappa shape index (κ3) is 7.70. The molecule has 1 aromatic rings. The van der Waals surface area contributed by atoms with Crippen LogP contribution in [0.15, 0.2) is 59.0 Å². The van der Waals surface area contributed by atoms with Crippen molar-refractivity contribution in [2.75, 3.05) is 25.9 Å². The molecule has 28 heavy (non-hydrogen) atoms. The molecule has 0 saturated carbocycles. The summed E-state index contributed by atoms with van der Waals surface area (Å²) >= 11 is 0. The number of rotatable bonds is 10. The predicted molar refractivity (Wildman–Crippen MR) is 126 cm³/mol. The first-order chi connectivity index (χ1) is 13.3. The summed E-state index contributed by atoms with van der Waals surface area (Å²) in [6.07, 6.45) is 15.2. The Morgan fingerprint density at radius 1 is 1.14 bits per heavy atom. The minimum Gasteiger partial charge on any atom is -0.380 e. The Morgan fingerprint density at radius 2 is 1.75 bits per heavy atom. The molecule has 1 aromatic carbocycles. The maximum atomic E-state index is 9.72. The molecule has 3 heteroatoms. The molecule has 0 fully saturated rings. The van der Waals surface area contributed by atoms with E-state index in [4.69, 9.17) is 4.74 Å². The molecule has 0 aliphatic rings. The summed E-state index contributed by atoms with van der Waals surface area (Å²) in [5.74, 6) is 0.798. The number of ether oxygens (including phenoxy) is 1. The van der Waals surface area contributed by atoms with Gasteiger partial charge in [0.2, 0.25) is 0 Å². The average Bonchev–Trinajstić information content (AvgIpc) is 2.65. The number of nitrogens with zero attached hydrogens (tertiary/aromatic N) is 1. The lowest BCUT2D eigenvalue weighted by Gasteiger charge is -2.28. The Kier molecular flexibility index (Phi) is 10.4. The first-order valence-electron chi connectivity index (χ1n) is 10.0. The number of methoxy groups -OCH3 is 1. The highest BCUT2D eigenvalue weighted by Gasteiger charge is 2.23. The number of hydrogen-bond donors (Lipinski definition) is 0. The topological polar surface area (TPSA) is 33.0 Å². The van der Waals surface area contributed by atoms with Gasteiger partial charge in [-0.05, 0) is 59.8 Å². The van der Waals surface area contributed by atoms with Crippen molar-refractivity contribution in [3.63, 3.8) is 0 Å². The summed E-state index contributed by atoms with van der Waals surface area (Å²) in [7, 11) is 0.826. The standard InChI is InChI=1S/C25H37NOS/c1-8-11-24(16-21(17-26)19-28(5,6)7)25(22(9-2)10-3)23-14-12-20(13-15-23)18-27-4/h8,11-16,19,22,25H,9-10,18H2,1-7H3/b11-8-,21-19-,24-16+. The number of hydrogen-bond acceptors (Lipinski definition) is 2. The van der Waals surface area contributed by atoms with Crippen LogP contribution in [-0.2, 0) is 11.3 Å². The molecule has 1 unspecified atom stereocenters. The van der Waals surface area contributed by atoms with Gasteiger partial charge in [-0.25, -0.2) is 10.0 Å². The average molecular weight is 400 g/mol. The van der Waals surface area contributed by atoms with Gasteiger partial charge in [0, 0.05) is 13.0 Å². The van der Waals surface area contributed by atoms with Crippen LogP contribution in [0.3, 0.4) is 0 Å². The van der Waals surface area contributed by atoms with Gasteiger partial charge in [0.05, 0.1) is 18.2 Å². The molecule has 0 bridgehead atoms. The third-order valence-corrected chi connectivity index (χ3v) is 5.78. The molecule has 0 amide bonds. The van der Waals surface area contributed by atoms with Gasteiger partial charge in [0.25, 0.3) is 0 Å². The summed E-state index contributed by atoms with van der Waals surface area (Å²) in [5.41, 5.74) is 4.47. The van der Waals surface area contributed by atoms with Crippen LogP contribution in [0, 0.1) is 17.2 Å². The molecule has 1 rings (SSSR count). The highest BCUT2D eigenvalue weighted by Crippen LogP contribution is 2.40. The largest absolute Gasteiger partial charge is 0.380 e. The van der Waals surface area contributed by atoms with Gasteiger partial charge in [-0.2, -0.15) is 5.26 Å². The minimum atomic E-state index is -0.897. The summed E-state index contributed by atoms with van der Waals surface area (Å²) in [4.78, 5) is 0. The molecule has 154 valence electrons. The first kappa shape index (κ1) is 24.3. The molecule has 0 saturated heterocycles. The smallest absolute Gasteiger partial charge is 0.0996 e. The van der Waals surface area contributed by atoms with Crippen molar-refractivity contribution in [1.82, 2.24) is 0 Å². The Balaban J connectivity index is 3.52. The molecule has 0 aliphatic carbocycles. The van der Waals surface area contributed by atoms with E-state index >= 15 is 0 Å². The maximum absolute atomic E-state index is 9.72. The van der Waals surface area contributed by atoms with E-state index in [9.17, 15) is 5.26 Å². The van der Waals surface area contributed by atoms with E-state index in [1.165, 1.54) is 16.7 Å². The molecule has 2 nitrogen and oxygen atoms in total. The number of benzene rings is 1. The van der Waals surface area contributed by atoms with Gasteiger partial charge < -0.3 is 4.74 Å². The molecular formula is C25H37NOS. The normalized spacial score (nSPS) is 15.1. The van der Waals surface area contributed by atoms with E-state index < -0.39 is 10.0 Å². The minimum absolute atomic E-state index is 0.273. The van der Waals surface area contributed by atoms with E-state index in [0.29, 0.717) is 12.5 Å². The fourth-order valence-electron chi connectivity index (χ4n) is 3.57. The summed E-state index contributed by atoms with van der Waals surface area (Å²) in [6.45, 7) is 7.19. The molecule has 0 aliphatic heterocycles. The fourth-order valence-corrected chi connectivity index (χ4v) is 4.45. The van der Waals surface area contributed by atoms with Crippen LogP contribution in [0.5, 0.6) is 0 Å². The Bertz CT molecular complexity index is 725. The lowest BCUT2D eigenvalue weighted by atomic mass is 9.77. The van der Waals surface area contributed by atoms with E-state index in [2.05, 4.69) is 86.6 Å². The quantitative estimate of drug-likeness (QED) is 0.315. The molecule has 0 N–H and O–H groups in total. The van der Waals surface area contributed by atoms with Crippen LogP contribution >= 0.6 is 10.0 Å². The number of nitriles is 1. The van der Waals surface area contributed by atoms with Crippen molar-refractivity contribution in [3.8, 4) is 6.07 Å². The van der Waals surface area contributed by atoms with Crippen molar-refractivity contribution in [3.05, 3.63) is 70.2 Å². The fraction of sp³-hybridized carbons (Fsp3) is 0.480. The SMILES string of the molecule is C\C=C/C(=C\C(C#N)=C\S(C)(C)C)C(c1ccc(COC)cc1)C(CC)CC. The molecule has 0 aromatic heterocycles. The third-order valence-electron chi connectivity index (χ3n) is 4.82. The second-order valence-corrected chi connectivity index (χ2v) is 12.1. The van der Waals surface area contributed by atoms with Crippen molar-refractivity contribution in [2.45, 2.75) is 46.1 Å². The van der Waals surface area contributed by atoms with E-state index in [1.54, 1.807) is 7.11 Å².